The Balaban J connectivity index is 3.91. The van der Waals surface area contributed by atoms with E-state index in [0.717, 1.165) is 6.42 Å². The molecule has 0 radical (unpaired) electrons. The minimum Gasteiger partial charge on any atom is -0.0911 e. The third-order valence-corrected chi connectivity index (χ3v) is 1.78. The Labute approximate surface area is 77.4 Å². The third kappa shape index (κ3) is 6.21. The molecule has 0 fully saturated rings. The molecule has 0 N–H and O–H groups in total. The first-order chi connectivity index (χ1) is 5.48. The maximum Gasteiger partial charge on any atom is -0.0140 e. The van der Waals surface area contributed by atoms with Crippen molar-refractivity contribution in [2.24, 2.45) is 11.3 Å². The average molecular weight is 166 g/mol. The molecule has 0 heteroatoms. The summed E-state index contributed by atoms with van der Waals surface area (Å²) in [5.41, 5.74) is 0.320. The van der Waals surface area contributed by atoms with Gasteiger partial charge >= 0.3 is 0 Å². The summed E-state index contributed by atoms with van der Waals surface area (Å²) in [6.45, 7) is 11.0. The Hall–Kier alpha value is -0.520. The number of hydrogen-bond acceptors (Lipinski definition) is 0. The lowest BCUT2D eigenvalue weighted by molar-refractivity contribution is 0.487. The molecule has 0 aliphatic rings. The van der Waals surface area contributed by atoms with E-state index in [1.807, 2.05) is 0 Å². The molecule has 0 aliphatic heterocycles. The van der Waals surface area contributed by atoms with Crippen molar-refractivity contribution in [3.8, 4) is 0 Å². The van der Waals surface area contributed by atoms with Crippen molar-refractivity contribution < 1.29 is 0 Å². The Morgan fingerprint density at radius 1 is 1.25 bits per heavy atom. The van der Waals surface area contributed by atoms with Gasteiger partial charge in [-0.15, -0.1) is 0 Å². The van der Waals surface area contributed by atoms with Crippen molar-refractivity contribution in [2.45, 2.75) is 41.0 Å². The number of hydrogen-bond donors (Lipinski definition) is 0. The van der Waals surface area contributed by atoms with Crippen LogP contribution in [0.1, 0.15) is 41.0 Å². The van der Waals surface area contributed by atoms with Crippen LogP contribution in [-0.4, -0.2) is 0 Å². The van der Waals surface area contributed by atoms with Crippen LogP contribution in [0.25, 0.3) is 0 Å². The normalized spacial score (nSPS) is 13.8. The van der Waals surface area contributed by atoms with Crippen molar-refractivity contribution in [1.29, 1.82) is 0 Å². The third-order valence-electron chi connectivity index (χ3n) is 1.78. The maximum absolute atomic E-state index is 2.28. The van der Waals surface area contributed by atoms with Crippen molar-refractivity contribution in [1.82, 2.24) is 0 Å². The Kier molecular flexibility index (Phi) is 4.96. The zero-order valence-electron chi connectivity index (χ0n) is 9.09. The molecule has 0 aromatic heterocycles. The van der Waals surface area contributed by atoms with E-state index in [-0.39, 0.29) is 0 Å². The highest BCUT2D eigenvalue weighted by Crippen LogP contribution is 2.22. The summed E-state index contributed by atoms with van der Waals surface area (Å²) >= 11 is 0. The Bertz CT molecular complexity index is 159. The van der Waals surface area contributed by atoms with E-state index in [1.54, 1.807) is 0 Å². The lowest BCUT2D eigenvalue weighted by atomic mass is 9.88. The van der Waals surface area contributed by atoms with Crippen LogP contribution in [0.15, 0.2) is 24.3 Å². The average Bonchev–Trinajstić information content (AvgIpc) is 1.85. The van der Waals surface area contributed by atoms with Gasteiger partial charge in [0.25, 0.3) is 0 Å². The summed E-state index contributed by atoms with van der Waals surface area (Å²) < 4.78 is 0. The predicted octanol–water partition coefficient (Wildman–Crippen LogP) is 4.19. The standard InChI is InChI=1S/C12H22/c1-6-9-12(4,5)10-7-8-11(2)3/h6-9,11H,10H2,1-5H3. The molecule has 0 heterocycles. The maximum atomic E-state index is 2.28. The molecular formula is C12H22. The summed E-state index contributed by atoms with van der Waals surface area (Å²) in [4.78, 5) is 0. The van der Waals surface area contributed by atoms with Gasteiger partial charge in [0.2, 0.25) is 0 Å². The molecule has 0 aromatic rings. The Morgan fingerprint density at radius 3 is 2.25 bits per heavy atom. The van der Waals surface area contributed by atoms with Gasteiger partial charge in [-0.3, -0.25) is 0 Å². The minimum absolute atomic E-state index is 0.320. The summed E-state index contributed by atoms with van der Waals surface area (Å²) in [5.74, 6) is 0.673. The van der Waals surface area contributed by atoms with E-state index in [4.69, 9.17) is 0 Å². The first kappa shape index (κ1) is 11.5. The van der Waals surface area contributed by atoms with Gasteiger partial charge in [-0.05, 0) is 24.7 Å². The summed E-state index contributed by atoms with van der Waals surface area (Å²) in [6, 6.07) is 0. The fourth-order valence-electron chi connectivity index (χ4n) is 1.16. The molecule has 0 aromatic carbocycles. The van der Waals surface area contributed by atoms with E-state index >= 15 is 0 Å². The number of rotatable bonds is 4. The van der Waals surface area contributed by atoms with Gasteiger partial charge in [0.05, 0.1) is 0 Å². The zero-order valence-corrected chi connectivity index (χ0v) is 9.09. The molecule has 12 heavy (non-hydrogen) atoms. The lowest BCUT2D eigenvalue weighted by Crippen LogP contribution is -2.04. The van der Waals surface area contributed by atoms with Crippen molar-refractivity contribution in [2.75, 3.05) is 0 Å². The first-order valence-corrected chi connectivity index (χ1v) is 4.78. The van der Waals surface area contributed by atoms with Crippen LogP contribution >= 0.6 is 0 Å². The summed E-state index contributed by atoms with van der Waals surface area (Å²) in [5, 5.41) is 0. The van der Waals surface area contributed by atoms with Crippen molar-refractivity contribution >= 4 is 0 Å². The van der Waals surface area contributed by atoms with Crippen LogP contribution < -0.4 is 0 Å². The smallest absolute Gasteiger partial charge is 0.0140 e. The van der Waals surface area contributed by atoms with E-state index in [1.165, 1.54) is 0 Å². The molecule has 0 aliphatic carbocycles. The van der Waals surface area contributed by atoms with Crippen LogP contribution in [0.2, 0.25) is 0 Å². The van der Waals surface area contributed by atoms with Crippen LogP contribution in [0.3, 0.4) is 0 Å². The number of allylic oxidation sites excluding steroid dienone is 4. The summed E-state index contributed by atoms with van der Waals surface area (Å²) in [6.07, 6.45) is 10.1. The molecule has 70 valence electrons. The highest BCUT2D eigenvalue weighted by molar-refractivity contribution is 4.98. The molecule has 0 saturated carbocycles. The van der Waals surface area contributed by atoms with Crippen molar-refractivity contribution in [3.05, 3.63) is 24.3 Å². The van der Waals surface area contributed by atoms with Gasteiger partial charge in [0.1, 0.15) is 0 Å². The highest BCUT2D eigenvalue weighted by Gasteiger charge is 2.09. The predicted molar refractivity (Wildman–Crippen MR) is 57.2 cm³/mol. The van der Waals surface area contributed by atoms with E-state index in [9.17, 15) is 0 Å². The van der Waals surface area contributed by atoms with Gasteiger partial charge in [0.15, 0.2) is 0 Å². The highest BCUT2D eigenvalue weighted by atomic mass is 14.1. The van der Waals surface area contributed by atoms with E-state index < -0.39 is 0 Å². The molecule has 0 amide bonds. The second-order valence-electron chi connectivity index (χ2n) is 4.36. The second kappa shape index (κ2) is 5.18. The largest absolute Gasteiger partial charge is 0.0911 e. The van der Waals surface area contributed by atoms with Crippen LogP contribution in [0.5, 0.6) is 0 Å². The van der Waals surface area contributed by atoms with Crippen LogP contribution in [-0.2, 0) is 0 Å². The Morgan fingerprint density at radius 2 is 1.83 bits per heavy atom. The van der Waals surface area contributed by atoms with Gasteiger partial charge in [-0.25, -0.2) is 0 Å². The molecule has 0 rings (SSSR count). The zero-order chi connectivity index (χ0) is 9.61. The topological polar surface area (TPSA) is 0 Å². The first-order valence-electron chi connectivity index (χ1n) is 4.78. The molecule has 0 nitrogen and oxygen atoms in total. The fraction of sp³-hybridized carbons (Fsp3) is 0.667. The van der Waals surface area contributed by atoms with Gasteiger partial charge in [-0.2, -0.15) is 0 Å². The SMILES string of the molecule is CC=CC(C)(C)CC=CC(C)C. The fourth-order valence-corrected chi connectivity index (χ4v) is 1.16. The molecule has 0 atom stereocenters. The summed E-state index contributed by atoms with van der Waals surface area (Å²) in [7, 11) is 0. The molecule has 0 saturated heterocycles. The van der Waals surface area contributed by atoms with Crippen molar-refractivity contribution in [3.63, 3.8) is 0 Å². The van der Waals surface area contributed by atoms with Crippen LogP contribution in [0.4, 0.5) is 0 Å². The van der Waals surface area contributed by atoms with Gasteiger partial charge in [0, 0.05) is 0 Å². The van der Waals surface area contributed by atoms with E-state index in [0.29, 0.717) is 11.3 Å². The van der Waals surface area contributed by atoms with Gasteiger partial charge in [-0.1, -0.05) is 52.0 Å². The van der Waals surface area contributed by atoms with Crippen LogP contribution in [0, 0.1) is 11.3 Å². The monoisotopic (exact) mass is 166 g/mol. The lowest BCUT2D eigenvalue weighted by Gasteiger charge is -2.17. The molecule has 0 bridgehead atoms. The molecular weight excluding hydrogens is 144 g/mol. The van der Waals surface area contributed by atoms with Gasteiger partial charge < -0.3 is 0 Å². The molecule has 0 unspecified atom stereocenters. The molecule has 0 spiro atoms. The van der Waals surface area contributed by atoms with E-state index in [2.05, 4.69) is 58.9 Å². The minimum atomic E-state index is 0.320. The second-order valence-corrected chi connectivity index (χ2v) is 4.36. The quantitative estimate of drug-likeness (QED) is 0.549.